The number of ether oxygens (including phenoxy) is 1. The van der Waals surface area contributed by atoms with Crippen molar-refractivity contribution >= 4 is 5.96 Å². The van der Waals surface area contributed by atoms with Gasteiger partial charge in [0.1, 0.15) is 0 Å². The van der Waals surface area contributed by atoms with E-state index in [2.05, 4.69) is 27.5 Å². The van der Waals surface area contributed by atoms with Crippen LogP contribution in [0.3, 0.4) is 0 Å². The Labute approximate surface area is 162 Å². The molecule has 2 aromatic rings. The van der Waals surface area contributed by atoms with Gasteiger partial charge in [-0.15, -0.1) is 0 Å². The molecular weight excluding hydrogens is 367 g/mol. The minimum Gasteiger partial charge on any atom is -0.375 e. The molecule has 0 fully saturated rings. The second kappa shape index (κ2) is 11.0. The number of hydrogen-bond acceptors (Lipinski definition) is 2. The summed E-state index contributed by atoms with van der Waals surface area (Å²) in [4.78, 5) is 4.06. The number of guanidine groups is 1. The summed E-state index contributed by atoms with van der Waals surface area (Å²) in [6.07, 6.45) is -4.37. The average Bonchev–Trinajstić information content (AvgIpc) is 2.69. The van der Waals surface area contributed by atoms with Crippen molar-refractivity contribution in [2.75, 3.05) is 26.7 Å². The zero-order valence-corrected chi connectivity index (χ0v) is 15.5. The maximum atomic E-state index is 12.7. The molecule has 2 rings (SSSR count). The summed E-state index contributed by atoms with van der Waals surface area (Å²) in [5.41, 5.74) is 0.712. The fourth-order valence-corrected chi connectivity index (χ4v) is 2.27. The first-order chi connectivity index (χ1) is 13.5. The lowest BCUT2D eigenvalue weighted by molar-refractivity contribution is -0.137. The molecule has 0 amide bonds. The summed E-state index contributed by atoms with van der Waals surface area (Å²) in [5, 5.41) is 6.06. The van der Waals surface area contributed by atoms with Gasteiger partial charge in [0.2, 0.25) is 0 Å². The van der Waals surface area contributed by atoms with Crippen LogP contribution in [-0.4, -0.2) is 32.7 Å². The van der Waals surface area contributed by atoms with Gasteiger partial charge in [0.15, 0.2) is 5.96 Å². The Hall–Kier alpha value is -2.98. The Morgan fingerprint density at radius 1 is 1.07 bits per heavy atom. The molecule has 0 heterocycles. The first-order valence-corrected chi connectivity index (χ1v) is 8.71. The minimum atomic E-state index is -4.37. The highest BCUT2D eigenvalue weighted by molar-refractivity contribution is 5.79. The van der Waals surface area contributed by atoms with Crippen molar-refractivity contribution in [3.05, 3.63) is 71.3 Å². The van der Waals surface area contributed by atoms with Crippen molar-refractivity contribution in [3.8, 4) is 11.8 Å². The SMILES string of the molecule is CN=C(NCC#Cc1cccc(C(F)(F)F)c1)NCCOCc1ccccc1. The van der Waals surface area contributed by atoms with Gasteiger partial charge in [0.25, 0.3) is 0 Å². The molecule has 0 aliphatic heterocycles. The van der Waals surface area contributed by atoms with Crippen LogP contribution >= 0.6 is 0 Å². The number of nitrogens with one attached hydrogen (secondary N) is 2. The quantitative estimate of drug-likeness (QED) is 0.344. The Bertz CT molecular complexity index is 824. The second-order valence-electron chi connectivity index (χ2n) is 5.77. The first-order valence-electron chi connectivity index (χ1n) is 8.71. The Morgan fingerprint density at radius 2 is 1.86 bits per heavy atom. The molecule has 0 atom stereocenters. The van der Waals surface area contributed by atoms with Gasteiger partial charge >= 0.3 is 6.18 Å². The van der Waals surface area contributed by atoms with Crippen LogP contribution in [0, 0.1) is 11.8 Å². The number of aliphatic imine (C=N–C) groups is 1. The molecule has 7 heteroatoms. The van der Waals surface area contributed by atoms with Gasteiger partial charge in [-0.05, 0) is 23.8 Å². The predicted octanol–water partition coefficient (Wildman–Crippen LogP) is 3.44. The van der Waals surface area contributed by atoms with E-state index in [4.69, 9.17) is 4.74 Å². The average molecular weight is 389 g/mol. The zero-order chi connectivity index (χ0) is 20.2. The maximum Gasteiger partial charge on any atom is 0.416 e. The van der Waals surface area contributed by atoms with Crippen LogP contribution in [0.15, 0.2) is 59.6 Å². The maximum absolute atomic E-state index is 12.7. The fourth-order valence-electron chi connectivity index (χ4n) is 2.27. The van der Waals surface area contributed by atoms with Crippen LogP contribution in [0.25, 0.3) is 0 Å². The number of nitrogens with zero attached hydrogens (tertiary/aromatic N) is 1. The summed E-state index contributed by atoms with van der Waals surface area (Å²) in [7, 11) is 1.63. The van der Waals surface area contributed by atoms with E-state index in [1.54, 1.807) is 13.1 Å². The van der Waals surface area contributed by atoms with Crippen LogP contribution in [0.5, 0.6) is 0 Å². The Kier molecular flexibility index (Phi) is 8.37. The predicted molar refractivity (Wildman–Crippen MR) is 104 cm³/mol. The lowest BCUT2D eigenvalue weighted by atomic mass is 10.1. The highest BCUT2D eigenvalue weighted by atomic mass is 19.4. The molecule has 0 spiro atoms. The van der Waals surface area contributed by atoms with E-state index < -0.39 is 11.7 Å². The van der Waals surface area contributed by atoms with Crippen molar-refractivity contribution in [1.29, 1.82) is 0 Å². The summed E-state index contributed by atoms with van der Waals surface area (Å²) < 4.78 is 43.6. The topological polar surface area (TPSA) is 45.7 Å². The molecular formula is C21H22F3N3O. The molecule has 0 saturated heterocycles. The summed E-state index contributed by atoms with van der Waals surface area (Å²) in [5.74, 6) is 6.04. The molecule has 28 heavy (non-hydrogen) atoms. The van der Waals surface area contributed by atoms with E-state index in [1.165, 1.54) is 6.07 Å². The van der Waals surface area contributed by atoms with Crippen molar-refractivity contribution < 1.29 is 17.9 Å². The van der Waals surface area contributed by atoms with E-state index in [1.807, 2.05) is 30.3 Å². The number of rotatable bonds is 6. The molecule has 2 aromatic carbocycles. The van der Waals surface area contributed by atoms with Crippen molar-refractivity contribution in [3.63, 3.8) is 0 Å². The van der Waals surface area contributed by atoms with Gasteiger partial charge in [0.05, 0.1) is 25.3 Å². The molecule has 2 N–H and O–H groups in total. The first kappa shape index (κ1) is 21.3. The van der Waals surface area contributed by atoms with E-state index in [0.29, 0.717) is 31.3 Å². The molecule has 0 aliphatic rings. The second-order valence-corrected chi connectivity index (χ2v) is 5.77. The van der Waals surface area contributed by atoms with Gasteiger partial charge in [-0.3, -0.25) is 4.99 Å². The third-order valence-electron chi connectivity index (χ3n) is 3.64. The number of halogens is 3. The smallest absolute Gasteiger partial charge is 0.375 e. The monoisotopic (exact) mass is 389 g/mol. The fraction of sp³-hybridized carbons (Fsp3) is 0.286. The largest absolute Gasteiger partial charge is 0.416 e. The van der Waals surface area contributed by atoms with Crippen LogP contribution in [0.2, 0.25) is 0 Å². The lowest BCUT2D eigenvalue weighted by Gasteiger charge is -2.10. The summed E-state index contributed by atoms with van der Waals surface area (Å²) in [6, 6.07) is 14.8. The van der Waals surface area contributed by atoms with Crippen molar-refractivity contribution in [2.24, 2.45) is 4.99 Å². The molecule has 0 bridgehead atoms. The molecule has 0 radical (unpaired) electrons. The number of benzene rings is 2. The lowest BCUT2D eigenvalue weighted by Crippen LogP contribution is -2.39. The highest BCUT2D eigenvalue weighted by Crippen LogP contribution is 2.29. The van der Waals surface area contributed by atoms with Gasteiger partial charge in [0, 0.05) is 19.2 Å². The van der Waals surface area contributed by atoms with E-state index in [-0.39, 0.29) is 6.54 Å². The van der Waals surface area contributed by atoms with E-state index in [9.17, 15) is 13.2 Å². The van der Waals surface area contributed by atoms with Crippen LogP contribution in [-0.2, 0) is 17.5 Å². The molecule has 0 unspecified atom stereocenters. The third kappa shape index (κ3) is 7.72. The molecule has 0 aromatic heterocycles. The molecule has 148 valence electrons. The van der Waals surface area contributed by atoms with Crippen molar-refractivity contribution in [2.45, 2.75) is 12.8 Å². The van der Waals surface area contributed by atoms with Crippen LogP contribution in [0.1, 0.15) is 16.7 Å². The third-order valence-corrected chi connectivity index (χ3v) is 3.64. The van der Waals surface area contributed by atoms with Crippen LogP contribution < -0.4 is 10.6 Å². The van der Waals surface area contributed by atoms with Gasteiger partial charge in [-0.2, -0.15) is 13.2 Å². The van der Waals surface area contributed by atoms with Crippen LogP contribution in [0.4, 0.5) is 13.2 Å². The normalized spacial score (nSPS) is 11.5. The van der Waals surface area contributed by atoms with E-state index in [0.717, 1.165) is 17.7 Å². The van der Waals surface area contributed by atoms with Gasteiger partial charge < -0.3 is 15.4 Å². The molecule has 0 aliphatic carbocycles. The summed E-state index contributed by atoms with van der Waals surface area (Å²) >= 11 is 0. The zero-order valence-electron chi connectivity index (χ0n) is 15.5. The number of alkyl halides is 3. The molecule has 0 saturated carbocycles. The highest BCUT2D eigenvalue weighted by Gasteiger charge is 2.30. The van der Waals surface area contributed by atoms with Crippen molar-refractivity contribution in [1.82, 2.24) is 10.6 Å². The number of hydrogen-bond donors (Lipinski definition) is 2. The standard InChI is InChI=1S/C21H22F3N3O/c1-25-20(27-13-14-28-16-18-7-3-2-4-8-18)26-12-6-10-17-9-5-11-19(15-17)21(22,23)24/h2-5,7-9,11,15H,12-14,16H2,1H3,(H2,25,26,27). The minimum absolute atomic E-state index is 0.251. The van der Waals surface area contributed by atoms with E-state index >= 15 is 0 Å². The van der Waals surface area contributed by atoms with Gasteiger partial charge in [-0.25, -0.2) is 0 Å². The summed E-state index contributed by atoms with van der Waals surface area (Å²) in [6.45, 7) is 1.86. The molecule has 4 nitrogen and oxygen atoms in total. The Morgan fingerprint density at radius 3 is 2.57 bits per heavy atom. The Balaban J connectivity index is 1.69. The van der Waals surface area contributed by atoms with Gasteiger partial charge in [-0.1, -0.05) is 48.2 Å².